The number of nitrogens with zero attached hydrogens (tertiary/aromatic N) is 5. The Bertz CT molecular complexity index is 3730. The van der Waals surface area contributed by atoms with Gasteiger partial charge in [-0.2, -0.15) is 0 Å². The van der Waals surface area contributed by atoms with Crippen LogP contribution in [0.25, 0.3) is 11.1 Å². The number of fused-ring (bicyclic) bond motifs is 1. The molecule has 5 aromatic rings. The Hall–Kier alpha value is -6.13. The third kappa shape index (κ3) is 32.6. The second kappa shape index (κ2) is 39.0. The molecular formula is C96H156N6O3S. The fourth-order valence-electron chi connectivity index (χ4n) is 14.0. The first kappa shape index (κ1) is 95.9. The van der Waals surface area contributed by atoms with Gasteiger partial charge < -0.3 is 18.6 Å². The highest BCUT2D eigenvalue weighted by Gasteiger charge is 2.28. The number of furan rings is 1. The van der Waals surface area contributed by atoms with Crippen LogP contribution in [0.4, 0.5) is 0 Å². The minimum absolute atomic E-state index is 0.0562. The van der Waals surface area contributed by atoms with Crippen LogP contribution < -0.4 is 0 Å². The Morgan fingerprint density at radius 2 is 0.915 bits per heavy atom. The van der Waals surface area contributed by atoms with Crippen LogP contribution in [-0.4, -0.2) is 37.2 Å². The molecule has 0 atom stereocenters. The molecule has 7 heterocycles. The number of hydrogen-bond acceptors (Lipinski definition) is 9. The summed E-state index contributed by atoms with van der Waals surface area (Å²) in [6.07, 6.45) is 26.9. The molecule has 11 rings (SSSR count). The van der Waals surface area contributed by atoms with Crippen LogP contribution in [0.2, 0.25) is 0 Å². The molecule has 9 nitrogen and oxygen atoms in total. The average molecular weight is 1470 g/mol. The summed E-state index contributed by atoms with van der Waals surface area (Å²) >= 11 is 1.81. The minimum Gasteiger partial charge on any atom is -0.498 e. The lowest BCUT2D eigenvalue weighted by atomic mass is 9.84. The number of ether oxygens (including phenoxy) is 1. The minimum atomic E-state index is 0.0562. The quantitative estimate of drug-likeness (QED) is 0.154. The molecule has 0 spiro atoms. The zero-order chi connectivity index (χ0) is 82.1. The summed E-state index contributed by atoms with van der Waals surface area (Å²) in [7, 11) is 0. The molecule has 0 amide bonds. The van der Waals surface area contributed by atoms with Gasteiger partial charge >= 0.3 is 0 Å². The molecule has 6 aliphatic rings. The maximum Gasteiger partial charge on any atom is 0.191 e. The number of nitrogens with one attached hydrogen (secondary N) is 1. The maximum atomic E-state index is 5.67. The molecule has 10 heteroatoms. The number of thiazole rings is 1. The number of aryl methyl sites for hydroxylation is 5. The van der Waals surface area contributed by atoms with E-state index in [4.69, 9.17) is 13.6 Å². The SMILES string of the molecule is CC(C)(C)c1cc2ncccc2o1.CC1=C(C(C)(C)C)C=CC1.CC1=C(C(C)(C)C)C=CC1.CC1=C(C(C)(C)C)C=CC1.CC1=C(C(C)(C)C)CCC1.CC1=C(C(C)(C)C)CCO1.CC1=NC(C)=C(C(C)(C)C)C1.Cc1nc(C)c(C(C)(C)C)o1.Cc1nc(C)c(C(C)(C)C)s1.Cc1ncc(C(C)(C)C)[nH]1. The number of hydrogen-bond donors (Lipinski definition) is 1. The first-order valence-electron chi connectivity index (χ1n) is 39.5. The molecule has 0 fully saturated rings. The topological polar surface area (TPSA) is 115 Å². The highest BCUT2D eigenvalue weighted by Crippen LogP contribution is 2.41. The van der Waals surface area contributed by atoms with E-state index in [9.17, 15) is 0 Å². The fourth-order valence-corrected chi connectivity index (χ4v) is 14.9. The predicted molar refractivity (Wildman–Crippen MR) is 466 cm³/mol. The van der Waals surface area contributed by atoms with Gasteiger partial charge in [0.15, 0.2) is 11.5 Å². The zero-order valence-electron chi connectivity index (χ0n) is 76.1. The summed E-state index contributed by atoms with van der Waals surface area (Å²) in [6, 6.07) is 5.84. The number of imidazole rings is 1. The number of aromatic amines is 1. The monoisotopic (exact) mass is 1470 g/mol. The van der Waals surface area contributed by atoms with Gasteiger partial charge in [-0.3, -0.25) is 9.98 Å². The lowest BCUT2D eigenvalue weighted by Crippen LogP contribution is -2.11. The molecule has 0 saturated carbocycles. The number of allylic oxidation sites excluding steroid dienone is 17. The van der Waals surface area contributed by atoms with Crippen molar-refractivity contribution >= 4 is 28.1 Å². The van der Waals surface area contributed by atoms with Gasteiger partial charge in [0.1, 0.15) is 22.9 Å². The van der Waals surface area contributed by atoms with Crippen LogP contribution in [0.15, 0.2) is 148 Å². The summed E-state index contributed by atoms with van der Waals surface area (Å²) in [5, 5.41) is 1.17. The van der Waals surface area contributed by atoms with E-state index in [1.54, 1.807) is 17.3 Å². The van der Waals surface area contributed by atoms with Crippen LogP contribution in [0.1, 0.15) is 358 Å². The largest absolute Gasteiger partial charge is 0.498 e. The van der Waals surface area contributed by atoms with Gasteiger partial charge in [-0.15, -0.1) is 11.3 Å². The Kier molecular flexibility index (Phi) is 35.3. The van der Waals surface area contributed by atoms with E-state index >= 15 is 0 Å². The van der Waals surface area contributed by atoms with Crippen molar-refractivity contribution in [2.75, 3.05) is 6.61 Å². The lowest BCUT2D eigenvalue weighted by Gasteiger charge is -2.21. The molecule has 0 aromatic carbocycles. The van der Waals surface area contributed by atoms with Crippen molar-refractivity contribution < 1.29 is 13.6 Å². The Morgan fingerprint density at radius 3 is 1.12 bits per heavy atom. The molecule has 594 valence electrons. The van der Waals surface area contributed by atoms with E-state index in [1.807, 2.05) is 56.5 Å². The number of aliphatic imine (C=N–C) groups is 1. The first-order chi connectivity index (χ1) is 47.9. The molecular weight excluding hydrogens is 1320 g/mol. The number of aromatic nitrogens is 5. The highest BCUT2D eigenvalue weighted by molar-refractivity contribution is 7.11. The average Bonchev–Trinajstić information content (AvgIpc) is 1.67. The molecule has 4 aliphatic carbocycles. The van der Waals surface area contributed by atoms with E-state index in [0.29, 0.717) is 32.5 Å². The van der Waals surface area contributed by atoms with Gasteiger partial charge in [-0.1, -0.05) is 272 Å². The number of rotatable bonds is 0. The van der Waals surface area contributed by atoms with Crippen molar-refractivity contribution in [1.29, 1.82) is 0 Å². The standard InChI is InChI=1S/C11H13NO.C10H17N.C10H18.3C10H16.C9H15NO.C9H15NS.C9H16O.C8H14N2/c1-11(2,3)10-7-8-9(13-10)5-4-6-12-8;1-7-6-9(8(2)11-7)10(3,4)5;4*1-8-6-5-7-9(8)10(2,3)4;2*1-6-8(9(3,4)5)11-7(2)10-6;1-7-8(5-6-10-7)9(2,3)4;1-6-9-5-7(10-6)8(2,3)4/h4-7H,1-3H3;6H2,1-5H3;5-7H2,1-4H3;3*5,7H,6H2,1-4H3;2*1-5H3;5-6H2,1-4H3;5H,1-4H3,(H,9,10). The van der Waals surface area contributed by atoms with Crippen LogP contribution in [0.3, 0.4) is 0 Å². The normalized spacial score (nSPS) is 16.2. The lowest BCUT2D eigenvalue weighted by molar-refractivity contribution is 0.246. The summed E-state index contributed by atoms with van der Waals surface area (Å²) < 4.78 is 16.5. The first-order valence-corrected chi connectivity index (χ1v) is 40.3. The van der Waals surface area contributed by atoms with Gasteiger partial charge in [0.2, 0.25) is 0 Å². The number of pyridine rings is 1. The Labute approximate surface area is 655 Å². The fraction of sp³-hybridized carbons (Fsp3) is 0.635. The molecule has 1 N–H and O–H groups in total. The zero-order valence-corrected chi connectivity index (χ0v) is 76.9. The molecule has 0 saturated heterocycles. The van der Waals surface area contributed by atoms with Crippen LogP contribution in [-0.2, 0) is 26.4 Å². The van der Waals surface area contributed by atoms with Crippen molar-refractivity contribution in [3.05, 3.63) is 184 Å². The smallest absolute Gasteiger partial charge is 0.191 e. The molecule has 0 bridgehead atoms. The van der Waals surface area contributed by atoms with Crippen molar-refractivity contribution in [1.82, 2.24) is 24.9 Å². The predicted octanol–water partition coefficient (Wildman–Crippen LogP) is 30.1. The van der Waals surface area contributed by atoms with Gasteiger partial charge in [0.05, 0.1) is 28.8 Å². The van der Waals surface area contributed by atoms with E-state index < -0.39 is 0 Å². The van der Waals surface area contributed by atoms with Gasteiger partial charge in [-0.25, -0.2) is 15.0 Å². The maximum absolute atomic E-state index is 5.67. The number of oxazole rings is 1. The summed E-state index contributed by atoms with van der Waals surface area (Å²) in [6.45, 7) is 92.8. The molecule has 106 heavy (non-hydrogen) atoms. The second-order valence-corrected chi connectivity index (χ2v) is 41.6. The van der Waals surface area contributed by atoms with Crippen LogP contribution >= 0.6 is 11.3 Å². The molecule has 0 unspecified atom stereocenters. The molecule has 0 radical (unpaired) electrons. The van der Waals surface area contributed by atoms with E-state index in [-0.39, 0.29) is 21.7 Å². The summed E-state index contributed by atoms with van der Waals surface area (Å²) in [5.74, 6) is 4.88. The summed E-state index contributed by atoms with van der Waals surface area (Å²) in [5.41, 5.74) is 25.8. The molecule has 5 aromatic heterocycles. The van der Waals surface area contributed by atoms with Crippen molar-refractivity contribution in [3.63, 3.8) is 0 Å². The van der Waals surface area contributed by atoms with Gasteiger partial charge in [0.25, 0.3) is 0 Å². The molecule has 2 aliphatic heterocycles. The van der Waals surface area contributed by atoms with Crippen molar-refractivity contribution in [2.45, 2.75) is 364 Å². The highest BCUT2D eigenvalue weighted by atomic mass is 32.1. The van der Waals surface area contributed by atoms with E-state index in [2.05, 4.69) is 336 Å². The van der Waals surface area contributed by atoms with Gasteiger partial charge in [-0.05, 0) is 193 Å². The van der Waals surface area contributed by atoms with Crippen LogP contribution in [0, 0.1) is 67.1 Å². The van der Waals surface area contributed by atoms with Crippen molar-refractivity contribution in [3.8, 4) is 0 Å². The Balaban J connectivity index is 0.000000401. The number of H-pyrrole nitrogens is 1. The van der Waals surface area contributed by atoms with Gasteiger partial charge in [0, 0.05) is 76.5 Å². The third-order valence-corrected chi connectivity index (χ3v) is 20.7. The van der Waals surface area contributed by atoms with E-state index in [1.165, 1.54) is 96.5 Å². The summed E-state index contributed by atoms with van der Waals surface area (Å²) in [4.78, 5) is 26.0. The van der Waals surface area contributed by atoms with Crippen LogP contribution in [0.5, 0.6) is 0 Å². The third-order valence-electron chi connectivity index (χ3n) is 19.2. The van der Waals surface area contributed by atoms with Crippen molar-refractivity contribution in [2.24, 2.45) is 37.5 Å². The Morgan fingerprint density at radius 1 is 0.443 bits per heavy atom. The second-order valence-electron chi connectivity index (χ2n) is 40.4. The van der Waals surface area contributed by atoms with E-state index in [0.717, 1.165) is 84.5 Å².